The number of hydrogen-bond donors (Lipinski definition) is 0. The van der Waals surface area contributed by atoms with E-state index in [0.29, 0.717) is 11.3 Å². The quantitative estimate of drug-likeness (QED) is 0.776. The van der Waals surface area contributed by atoms with Crippen molar-refractivity contribution in [3.8, 4) is 6.07 Å². The molecule has 2 rings (SSSR count). The van der Waals surface area contributed by atoms with Crippen molar-refractivity contribution < 1.29 is 23.8 Å². The molecule has 23 heavy (non-hydrogen) atoms. The van der Waals surface area contributed by atoms with Crippen LogP contribution in [0, 0.1) is 18.3 Å². The summed E-state index contributed by atoms with van der Waals surface area (Å²) in [5.41, 5.74) is 1.97. The molecule has 0 fully saturated rings. The predicted molar refractivity (Wildman–Crippen MR) is 80.3 cm³/mol. The third kappa shape index (κ3) is 3.33. The monoisotopic (exact) mass is 316 g/mol. The number of nitriles is 1. The molecule has 0 saturated heterocycles. The Labute approximate surface area is 133 Å². The van der Waals surface area contributed by atoms with E-state index in [0.717, 1.165) is 5.56 Å². The fraction of sp³-hybridized carbons (Fsp3) is 0.312. The first-order valence-electron chi connectivity index (χ1n) is 6.78. The number of carbonyl (C=O) groups excluding carboxylic acids is 2. The lowest BCUT2D eigenvalue weighted by atomic mass is 10.1. The molecule has 1 aliphatic heterocycles. The number of rotatable bonds is 3. The standard InChI is InChI=1S/C16H16N2O5/c1-10-4-11(7-17)6-12(5-10)18-9-23-8-13(15(19)21-2)14(18)16(20)22-3/h4-6H,8-9H2,1-3H3. The zero-order valence-electron chi connectivity index (χ0n) is 13.1. The minimum Gasteiger partial charge on any atom is -0.466 e. The van der Waals surface area contributed by atoms with Gasteiger partial charge < -0.3 is 19.1 Å². The van der Waals surface area contributed by atoms with Crippen LogP contribution in [0.2, 0.25) is 0 Å². The van der Waals surface area contributed by atoms with Gasteiger partial charge in [-0.05, 0) is 30.7 Å². The Hall–Kier alpha value is -2.85. The molecule has 0 unspecified atom stereocenters. The highest BCUT2D eigenvalue weighted by atomic mass is 16.5. The van der Waals surface area contributed by atoms with E-state index in [2.05, 4.69) is 6.07 Å². The SMILES string of the molecule is COC(=O)C1=C(C(=O)OC)N(c2cc(C)cc(C#N)c2)COC1. The van der Waals surface area contributed by atoms with Crippen molar-refractivity contribution in [1.82, 2.24) is 0 Å². The summed E-state index contributed by atoms with van der Waals surface area (Å²) in [4.78, 5) is 25.6. The Balaban J connectivity index is 2.60. The van der Waals surface area contributed by atoms with Crippen LogP contribution in [0.15, 0.2) is 29.5 Å². The summed E-state index contributed by atoms with van der Waals surface area (Å²) in [6.07, 6.45) is 0. The first-order chi connectivity index (χ1) is 11.0. The molecule has 0 amide bonds. The molecule has 0 aliphatic carbocycles. The molecule has 0 aromatic heterocycles. The van der Waals surface area contributed by atoms with Gasteiger partial charge in [-0.2, -0.15) is 5.26 Å². The normalized spacial score (nSPS) is 14.3. The maximum atomic E-state index is 12.2. The van der Waals surface area contributed by atoms with E-state index in [4.69, 9.17) is 19.5 Å². The Kier molecular flexibility index (Phi) is 4.98. The molecule has 0 radical (unpaired) electrons. The average molecular weight is 316 g/mol. The Morgan fingerprint density at radius 2 is 1.91 bits per heavy atom. The van der Waals surface area contributed by atoms with Crippen molar-refractivity contribution >= 4 is 17.6 Å². The van der Waals surface area contributed by atoms with Crippen LogP contribution in [-0.4, -0.2) is 39.5 Å². The Bertz CT molecular complexity index is 718. The molecule has 1 aromatic rings. The van der Waals surface area contributed by atoms with Gasteiger partial charge in [0.15, 0.2) is 0 Å². The van der Waals surface area contributed by atoms with E-state index in [1.165, 1.54) is 19.1 Å². The van der Waals surface area contributed by atoms with Crippen molar-refractivity contribution in [1.29, 1.82) is 5.26 Å². The van der Waals surface area contributed by atoms with E-state index in [9.17, 15) is 9.59 Å². The van der Waals surface area contributed by atoms with Crippen LogP contribution < -0.4 is 4.90 Å². The molecule has 0 saturated carbocycles. The smallest absolute Gasteiger partial charge is 0.355 e. The summed E-state index contributed by atoms with van der Waals surface area (Å²) in [6.45, 7) is 1.83. The molecule has 120 valence electrons. The van der Waals surface area contributed by atoms with Gasteiger partial charge in [0.05, 0.1) is 38.0 Å². The van der Waals surface area contributed by atoms with Gasteiger partial charge in [0, 0.05) is 5.69 Å². The fourth-order valence-electron chi connectivity index (χ4n) is 2.33. The van der Waals surface area contributed by atoms with Crippen LogP contribution in [0.3, 0.4) is 0 Å². The highest BCUT2D eigenvalue weighted by Crippen LogP contribution is 2.28. The number of anilines is 1. The van der Waals surface area contributed by atoms with Gasteiger partial charge in [0.2, 0.25) is 0 Å². The minimum atomic E-state index is -0.672. The van der Waals surface area contributed by atoms with Crippen molar-refractivity contribution in [2.45, 2.75) is 6.92 Å². The van der Waals surface area contributed by atoms with E-state index in [-0.39, 0.29) is 24.6 Å². The van der Waals surface area contributed by atoms with Gasteiger partial charge >= 0.3 is 11.9 Å². The molecule has 0 atom stereocenters. The number of carbonyl (C=O) groups is 2. The van der Waals surface area contributed by atoms with Gasteiger partial charge in [0.25, 0.3) is 0 Å². The topological polar surface area (TPSA) is 88.9 Å². The van der Waals surface area contributed by atoms with Crippen LogP contribution in [0.4, 0.5) is 5.69 Å². The van der Waals surface area contributed by atoms with Crippen molar-refractivity contribution in [2.75, 3.05) is 32.5 Å². The van der Waals surface area contributed by atoms with Crippen molar-refractivity contribution in [2.24, 2.45) is 0 Å². The highest BCUT2D eigenvalue weighted by molar-refractivity contribution is 6.03. The summed E-state index contributed by atoms with van der Waals surface area (Å²) in [5, 5.41) is 9.11. The number of hydrogen-bond acceptors (Lipinski definition) is 7. The molecular formula is C16H16N2O5. The van der Waals surface area contributed by atoms with Crippen LogP contribution in [-0.2, 0) is 23.8 Å². The summed E-state index contributed by atoms with van der Waals surface area (Å²) in [6, 6.07) is 7.17. The molecule has 0 bridgehead atoms. The number of nitrogens with zero attached hydrogens (tertiary/aromatic N) is 2. The van der Waals surface area contributed by atoms with Crippen LogP contribution in [0.5, 0.6) is 0 Å². The summed E-state index contributed by atoms with van der Waals surface area (Å²) >= 11 is 0. The average Bonchev–Trinajstić information content (AvgIpc) is 2.58. The van der Waals surface area contributed by atoms with Gasteiger partial charge in [0.1, 0.15) is 12.4 Å². The summed E-state index contributed by atoms with van der Waals surface area (Å²) in [5.74, 6) is -1.34. The molecule has 7 nitrogen and oxygen atoms in total. The Morgan fingerprint density at radius 1 is 1.22 bits per heavy atom. The minimum absolute atomic E-state index is 0.0511. The Morgan fingerprint density at radius 3 is 2.52 bits per heavy atom. The van der Waals surface area contributed by atoms with Crippen molar-refractivity contribution in [3.63, 3.8) is 0 Å². The van der Waals surface area contributed by atoms with E-state index < -0.39 is 11.9 Å². The lowest BCUT2D eigenvalue weighted by Crippen LogP contribution is -2.38. The maximum Gasteiger partial charge on any atom is 0.355 e. The third-order valence-corrected chi connectivity index (χ3v) is 3.34. The second-order valence-electron chi connectivity index (χ2n) is 4.88. The zero-order chi connectivity index (χ0) is 17.0. The predicted octanol–water partition coefficient (Wildman–Crippen LogP) is 1.26. The summed E-state index contributed by atoms with van der Waals surface area (Å²) < 4.78 is 14.9. The molecule has 1 aromatic carbocycles. The molecule has 0 N–H and O–H groups in total. The lowest BCUT2D eigenvalue weighted by Gasteiger charge is -2.31. The number of aryl methyl sites for hydroxylation is 1. The second kappa shape index (κ2) is 6.94. The van der Waals surface area contributed by atoms with E-state index >= 15 is 0 Å². The molecule has 7 heteroatoms. The van der Waals surface area contributed by atoms with Crippen LogP contribution in [0.25, 0.3) is 0 Å². The zero-order valence-corrected chi connectivity index (χ0v) is 13.1. The van der Waals surface area contributed by atoms with Gasteiger partial charge in [-0.1, -0.05) is 0 Å². The first-order valence-corrected chi connectivity index (χ1v) is 6.78. The lowest BCUT2D eigenvalue weighted by molar-refractivity contribution is -0.140. The van der Waals surface area contributed by atoms with Crippen molar-refractivity contribution in [3.05, 3.63) is 40.6 Å². The van der Waals surface area contributed by atoms with E-state index in [1.54, 1.807) is 18.2 Å². The number of methoxy groups -OCH3 is 2. The first kappa shape index (κ1) is 16.5. The largest absolute Gasteiger partial charge is 0.466 e. The van der Waals surface area contributed by atoms with Gasteiger partial charge in [-0.3, -0.25) is 0 Å². The highest BCUT2D eigenvalue weighted by Gasteiger charge is 2.32. The number of esters is 2. The second-order valence-corrected chi connectivity index (χ2v) is 4.88. The third-order valence-electron chi connectivity index (χ3n) is 3.34. The fourth-order valence-corrected chi connectivity index (χ4v) is 2.33. The van der Waals surface area contributed by atoms with Gasteiger partial charge in [-0.25, -0.2) is 9.59 Å². The van der Waals surface area contributed by atoms with Crippen LogP contribution in [0.1, 0.15) is 11.1 Å². The van der Waals surface area contributed by atoms with Gasteiger partial charge in [-0.15, -0.1) is 0 Å². The molecular weight excluding hydrogens is 300 g/mol. The van der Waals surface area contributed by atoms with Crippen LogP contribution >= 0.6 is 0 Å². The summed E-state index contributed by atoms with van der Waals surface area (Å²) in [7, 11) is 2.46. The maximum absolute atomic E-state index is 12.2. The molecule has 1 heterocycles. The molecule has 1 aliphatic rings. The molecule has 0 spiro atoms. The number of benzene rings is 1. The van der Waals surface area contributed by atoms with E-state index in [1.807, 2.05) is 6.92 Å². The number of ether oxygens (including phenoxy) is 3.